The van der Waals surface area contributed by atoms with Crippen molar-refractivity contribution in [1.82, 2.24) is 19.5 Å². The molecule has 30 heavy (non-hydrogen) atoms. The Balaban J connectivity index is 1.97. The van der Waals surface area contributed by atoms with Crippen LogP contribution in [-0.2, 0) is 4.74 Å². The molecule has 0 saturated carbocycles. The summed E-state index contributed by atoms with van der Waals surface area (Å²) >= 11 is 6.22. The molecule has 2 N–H and O–H groups in total. The molecular formula is C20H22ClFN6O2. The highest BCUT2D eigenvalue weighted by molar-refractivity contribution is 6.33. The number of rotatable bonds is 4. The molecule has 3 aromatic rings. The second-order valence-corrected chi connectivity index (χ2v) is 8.29. The van der Waals surface area contributed by atoms with Crippen molar-refractivity contribution in [3.8, 4) is 11.3 Å². The molecule has 0 spiro atoms. The van der Waals surface area contributed by atoms with Crippen molar-refractivity contribution in [3.63, 3.8) is 0 Å². The fraction of sp³-hybridized carbons (Fsp3) is 0.400. The summed E-state index contributed by atoms with van der Waals surface area (Å²) in [4.78, 5) is 26.5. The minimum absolute atomic E-state index is 0.0348. The van der Waals surface area contributed by atoms with Gasteiger partial charge in [-0.15, -0.1) is 0 Å². The zero-order chi connectivity index (χ0) is 21.7. The number of carbonyl (C=O) groups is 1. The number of ether oxygens (including phenoxy) is 1. The smallest absolute Gasteiger partial charge is 0.417 e. The highest BCUT2D eigenvalue weighted by atomic mass is 35.5. The van der Waals surface area contributed by atoms with E-state index in [9.17, 15) is 4.79 Å². The van der Waals surface area contributed by atoms with Crippen LogP contribution in [0.5, 0.6) is 0 Å². The van der Waals surface area contributed by atoms with Crippen LogP contribution in [0.3, 0.4) is 0 Å². The Kier molecular flexibility index (Phi) is 5.01. The Labute approximate surface area is 177 Å². The number of fused-ring (bicyclic) bond motifs is 1. The summed E-state index contributed by atoms with van der Waals surface area (Å²) < 4.78 is 22.2. The molecule has 0 bridgehead atoms. The maximum absolute atomic E-state index is 15.1. The van der Waals surface area contributed by atoms with Crippen LogP contribution in [0.2, 0.25) is 5.02 Å². The molecule has 1 unspecified atom stereocenters. The van der Waals surface area contributed by atoms with Gasteiger partial charge in [-0.3, -0.25) is 0 Å². The van der Waals surface area contributed by atoms with E-state index in [0.29, 0.717) is 22.7 Å². The molecule has 2 aromatic heterocycles. The minimum Gasteiger partial charge on any atom is -0.447 e. The van der Waals surface area contributed by atoms with Crippen molar-refractivity contribution in [3.05, 3.63) is 29.2 Å². The lowest BCUT2D eigenvalue weighted by Gasteiger charge is -2.25. The van der Waals surface area contributed by atoms with Gasteiger partial charge in [0.05, 0.1) is 28.5 Å². The molecule has 1 aliphatic heterocycles. The molecule has 1 atom stereocenters. The summed E-state index contributed by atoms with van der Waals surface area (Å²) in [5.41, 5.74) is 7.13. The van der Waals surface area contributed by atoms with Gasteiger partial charge in [-0.1, -0.05) is 25.4 Å². The van der Waals surface area contributed by atoms with Crippen LogP contribution >= 0.6 is 11.6 Å². The maximum Gasteiger partial charge on any atom is 0.417 e. The Morgan fingerprint density at radius 3 is 2.67 bits per heavy atom. The van der Waals surface area contributed by atoms with Crippen LogP contribution in [0.15, 0.2) is 18.3 Å². The maximum atomic E-state index is 15.1. The average molecular weight is 433 g/mol. The number of nitrogens with two attached hydrogens (primary N) is 1. The van der Waals surface area contributed by atoms with E-state index >= 15 is 4.39 Å². The van der Waals surface area contributed by atoms with Gasteiger partial charge in [-0.2, -0.15) is 0 Å². The number of nitrogens with zero attached hydrogens (tertiary/aromatic N) is 5. The Morgan fingerprint density at radius 1 is 1.27 bits per heavy atom. The van der Waals surface area contributed by atoms with Crippen LogP contribution < -0.4 is 10.6 Å². The minimum atomic E-state index is -0.551. The molecule has 1 saturated heterocycles. The first kappa shape index (κ1) is 20.3. The first-order chi connectivity index (χ1) is 14.2. The van der Waals surface area contributed by atoms with E-state index in [1.165, 1.54) is 17.2 Å². The number of cyclic esters (lactones) is 1. The average Bonchev–Trinajstić information content (AvgIpc) is 3.24. The van der Waals surface area contributed by atoms with Gasteiger partial charge in [0.15, 0.2) is 5.82 Å². The van der Waals surface area contributed by atoms with Gasteiger partial charge in [0, 0.05) is 11.6 Å². The van der Waals surface area contributed by atoms with Crippen molar-refractivity contribution in [2.45, 2.75) is 39.8 Å². The number of aromatic nitrogens is 4. The standard InChI is InChI=1S/C20H22ClFN6O2/c1-9(2)15-8-30-20(29)28(15)19-26-17-13(22)5-11(6-14(17)27(19)10(3)4)16-12(21)7-24-18(23)25-16/h5-7,9-10,15H,8H2,1-4H3,(H2,23,24,25). The quantitative estimate of drug-likeness (QED) is 0.654. The van der Waals surface area contributed by atoms with Gasteiger partial charge in [-0.25, -0.2) is 29.0 Å². The van der Waals surface area contributed by atoms with Crippen LogP contribution in [0.1, 0.15) is 33.7 Å². The molecule has 1 fully saturated rings. The highest BCUT2D eigenvalue weighted by Gasteiger charge is 2.39. The SMILES string of the molecule is CC(C)C1COC(=O)N1c1nc2c(F)cc(-c3nc(N)ncc3Cl)cc2n1C(C)C. The van der Waals surface area contributed by atoms with E-state index in [-0.39, 0.29) is 41.1 Å². The molecule has 1 amide bonds. The lowest BCUT2D eigenvalue weighted by Crippen LogP contribution is -2.39. The number of hydrogen-bond acceptors (Lipinski definition) is 6. The zero-order valence-electron chi connectivity index (χ0n) is 17.1. The van der Waals surface area contributed by atoms with E-state index in [1.54, 1.807) is 6.07 Å². The first-order valence-electron chi connectivity index (χ1n) is 9.64. The van der Waals surface area contributed by atoms with Crippen molar-refractivity contribution in [1.29, 1.82) is 0 Å². The monoisotopic (exact) mass is 432 g/mol. The lowest BCUT2D eigenvalue weighted by atomic mass is 10.1. The van der Waals surface area contributed by atoms with Gasteiger partial charge in [0.1, 0.15) is 12.1 Å². The molecule has 8 nitrogen and oxygen atoms in total. The fourth-order valence-electron chi connectivity index (χ4n) is 3.70. The van der Waals surface area contributed by atoms with Gasteiger partial charge >= 0.3 is 6.09 Å². The van der Waals surface area contributed by atoms with E-state index in [1.807, 2.05) is 32.3 Å². The molecule has 3 heterocycles. The van der Waals surface area contributed by atoms with Crippen LogP contribution in [0.25, 0.3) is 22.3 Å². The summed E-state index contributed by atoms with van der Waals surface area (Å²) in [7, 11) is 0. The summed E-state index contributed by atoms with van der Waals surface area (Å²) in [5, 5.41) is 0.252. The Bertz CT molecular complexity index is 1150. The van der Waals surface area contributed by atoms with Crippen molar-refractivity contribution in [2.75, 3.05) is 17.2 Å². The molecular weight excluding hydrogens is 411 g/mol. The topological polar surface area (TPSA) is 99.2 Å². The highest BCUT2D eigenvalue weighted by Crippen LogP contribution is 2.36. The van der Waals surface area contributed by atoms with Crippen LogP contribution in [-0.4, -0.2) is 38.3 Å². The number of benzene rings is 1. The van der Waals surface area contributed by atoms with Gasteiger partial charge < -0.3 is 15.0 Å². The zero-order valence-corrected chi connectivity index (χ0v) is 17.8. The second-order valence-electron chi connectivity index (χ2n) is 7.88. The summed E-state index contributed by atoms with van der Waals surface area (Å²) in [5.74, 6) is -0.0248. The molecule has 158 valence electrons. The van der Waals surface area contributed by atoms with Gasteiger partial charge in [-0.05, 0) is 31.9 Å². The number of imidazole rings is 1. The number of anilines is 2. The third-order valence-electron chi connectivity index (χ3n) is 5.17. The number of nitrogen functional groups attached to an aromatic ring is 1. The van der Waals surface area contributed by atoms with Crippen molar-refractivity contribution < 1.29 is 13.9 Å². The van der Waals surface area contributed by atoms with Crippen molar-refractivity contribution >= 4 is 40.6 Å². The largest absolute Gasteiger partial charge is 0.447 e. The molecule has 0 aliphatic carbocycles. The van der Waals surface area contributed by atoms with Crippen molar-refractivity contribution in [2.24, 2.45) is 5.92 Å². The molecule has 1 aromatic carbocycles. The number of carbonyl (C=O) groups excluding carboxylic acids is 1. The summed E-state index contributed by atoms with van der Waals surface area (Å²) in [6.45, 7) is 8.15. The molecule has 10 heteroatoms. The predicted molar refractivity (Wildman–Crippen MR) is 113 cm³/mol. The van der Waals surface area contributed by atoms with Gasteiger partial charge in [0.2, 0.25) is 11.9 Å². The van der Waals surface area contributed by atoms with E-state index in [0.717, 1.165) is 0 Å². The molecule has 4 rings (SSSR count). The van der Waals surface area contributed by atoms with E-state index in [4.69, 9.17) is 22.1 Å². The molecule has 1 aliphatic rings. The lowest BCUT2D eigenvalue weighted by molar-refractivity contribution is 0.177. The number of halogens is 2. The predicted octanol–water partition coefficient (Wildman–Crippen LogP) is 4.43. The molecule has 0 radical (unpaired) electrons. The number of amides is 1. The van der Waals surface area contributed by atoms with Crippen LogP contribution in [0.4, 0.5) is 21.1 Å². The van der Waals surface area contributed by atoms with Crippen LogP contribution in [0, 0.1) is 11.7 Å². The van der Waals surface area contributed by atoms with E-state index < -0.39 is 11.9 Å². The van der Waals surface area contributed by atoms with E-state index in [2.05, 4.69) is 15.0 Å². The fourth-order valence-corrected chi connectivity index (χ4v) is 3.90. The number of hydrogen-bond donors (Lipinski definition) is 1. The Morgan fingerprint density at radius 2 is 2.00 bits per heavy atom. The second kappa shape index (κ2) is 7.39. The van der Waals surface area contributed by atoms with Gasteiger partial charge in [0.25, 0.3) is 0 Å². The third-order valence-corrected chi connectivity index (χ3v) is 5.45. The first-order valence-corrected chi connectivity index (χ1v) is 10.0. The summed E-state index contributed by atoms with van der Waals surface area (Å²) in [6, 6.07) is 2.76. The Hall–Kier alpha value is -2.94. The summed E-state index contributed by atoms with van der Waals surface area (Å²) in [6.07, 6.45) is 0.887. The normalized spacial score (nSPS) is 16.9. The third kappa shape index (κ3) is 3.23.